The molecule has 1 aromatic rings. The van der Waals surface area contributed by atoms with Gasteiger partial charge >= 0.3 is 0 Å². The van der Waals surface area contributed by atoms with E-state index >= 15 is 0 Å². The van der Waals surface area contributed by atoms with E-state index in [2.05, 4.69) is 21.2 Å². The molecular weight excluding hydrogens is 268 g/mol. The lowest BCUT2D eigenvalue weighted by molar-refractivity contribution is -0.125. The van der Waals surface area contributed by atoms with Crippen molar-refractivity contribution in [1.29, 1.82) is 0 Å². The predicted octanol–water partition coefficient (Wildman–Crippen LogP) is 2.36. The summed E-state index contributed by atoms with van der Waals surface area (Å²) >= 11 is 3.45. The number of carbonyl (C=O) groups excluding carboxylic acids is 1. The summed E-state index contributed by atoms with van der Waals surface area (Å²) in [5.41, 5.74) is 5.91. The van der Waals surface area contributed by atoms with Crippen molar-refractivity contribution in [3.05, 3.63) is 34.3 Å². The van der Waals surface area contributed by atoms with E-state index in [0.29, 0.717) is 0 Å². The van der Waals surface area contributed by atoms with Gasteiger partial charge in [-0.1, -0.05) is 34.1 Å². The zero-order valence-electron chi connectivity index (χ0n) is 9.75. The van der Waals surface area contributed by atoms with Crippen molar-refractivity contribution >= 4 is 21.8 Å². The molecule has 3 N–H and O–H groups in total. The molecule has 0 saturated carbocycles. The summed E-state index contributed by atoms with van der Waals surface area (Å²) in [6.07, 6.45) is 0. The molecule has 1 atom stereocenters. The third-order valence-electron chi connectivity index (χ3n) is 2.30. The number of halogens is 1. The first-order valence-corrected chi connectivity index (χ1v) is 5.96. The summed E-state index contributed by atoms with van der Waals surface area (Å²) < 4.78 is 0.984. The van der Waals surface area contributed by atoms with Gasteiger partial charge in [0.25, 0.3) is 0 Å². The van der Waals surface area contributed by atoms with Gasteiger partial charge in [0.15, 0.2) is 0 Å². The molecule has 1 aromatic carbocycles. The first-order valence-electron chi connectivity index (χ1n) is 5.16. The second kappa shape index (κ2) is 4.97. The molecule has 0 aliphatic rings. The molecule has 0 aliphatic carbocycles. The molecule has 1 amide bonds. The van der Waals surface area contributed by atoms with Crippen molar-refractivity contribution in [2.24, 2.45) is 5.73 Å². The minimum atomic E-state index is -0.852. The van der Waals surface area contributed by atoms with Crippen LogP contribution in [0.25, 0.3) is 0 Å². The van der Waals surface area contributed by atoms with Crippen LogP contribution in [0.3, 0.4) is 0 Å². The van der Waals surface area contributed by atoms with E-state index in [1.165, 1.54) is 0 Å². The Balaban J connectivity index is 2.78. The normalized spacial score (nSPS) is 13.3. The third kappa shape index (κ3) is 3.32. The zero-order chi connectivity index (χ0) is 12.3. The molecule has 88 valence electrons. The van der Waals surface area contributed by atoms with E-state index in [1.54, 1.807) is 13.8 Å². The highest BCUT2D eigenvalue weighted by atomic mass is 79.9. The highest BCUT2D eigenvalue weighted by Gasteiger charge is 2.23. The monoisotopic (exact) mass is 284 g/mol. The Morgan fingerprint density at radius 3 is 2.50 bits per heavy atom. The van der Waals surface area contributed by atoms with Crippen molar-refractivity contribution in [1.82, 2.24) is 5.32 Å². The van der Waals surface area contributed by atoms with E-state index in [0.717, 1.165) is 10.0 Å². The molecule has 0 saturated heterocycles. The highest BCUT2D eigenvalue weighted by molar-refractivity contribution is 9.10. The quantitative estimate of drug-likeness (QED) is 0.895. The van der Waals surface area contributed by atoms with Crippen LogP contribution in [-0.4, -0.2) is 11.4 Å². The van der Waals surface area contributed by atoms with E-state index in [9.17, 15) is 4.79 Å². The van der Waals surface area contributed by atoms with Crippen molar-refractivity contribution in [3.63, 3.8) is 0 Å². The summed E-state index contributed by atoms with van der Waals surface area (Å²) in [4.78, 5) is 11.7. The van der Waals surface area contributed by atoms with Gasteiger partial charge in [0, 0.05) is 4.47 Å². The lowest BCUT2D eigenvalue weighted by atomic mass is 10.0. The van der Waals surface area contributed by atoms with Gasteiger partial charge < -0.3 is 11.1 Å². The highest BCUT2D eigenvalue weighted by Crippen LogP contribution is 2.22. The van der Waals surface area contributed by atoms with E-state index in [4.69, 9.17) is 5.73 Å². The molecule has 0 aliphatic heterocycles. The van der Waals surface area contributed by atoms with Crippen LogP contribution >= 0.6 is 15.9 Å². The van der Waals surface area contributed by atoms with Crippen molar-refractivity contribution in [3.8, 4) is 0 Å². The molecule has 0 bridgehead atoms. The molecular formula is C12H17BrN2O. The number of hydrogen-bond acceptors (Lipinski definition) is 2. The van der Waals surface area contributed by atoms with Gasteiger partial charge in [0.2, 0.25) is 5.91 Å². The summed E-state index contributed by atoms with van der Waals surface area (Å²) in [7, 11) is 0. The molecule has 0 spiro atoms. The topological polar surface area (TPSA) is 55.1 Å². The van der Waals surface area contributed by atoms with Gasteiger partial charge in [-0.25, -0.2) is 0 Å². The average Bonchev–Trinajstić information content (AvgIpc) is 2.16. The van der Waals surface area contributed by atoms with Crippen molar-refractivity contribution in [2.75, 3.05) is 0 Å². The second-order valence-electron chi connectivity index (χ2n) is 4.44. The standard InChI is InChI=1S/C12H17BrN2O/c1-8(15-11(16)12(2,3)14)9-6-4-5-7-10(9)13/h4-8H,14H2,1-3H3,(H,15,16). The fourth-order valence-electron chi connectivity index (χ4n) is 1.29. The Labute approximate surface area is 105 Å². The molecule has 4 heteroatoms. The van der Waals surface area contributed by atoms with Gasteiger partial charge in [0.05, 0.1) is 11.6 Å². The maximum Gasteiger partial charge on any atom is 0.239 e. The number of nitrogens with two attached hydrogens (primary N) is 1. The number of carbonyl (C=O) groups is 1. The summed E-state index contributed by atoms with van der Waals surface area (Å²) in [6.45, 7) is 5.31. The third-order valence-corrected chi connectivity index (χ3v) is 3.03. The van der Waals surface area contributed by atoms with Crippen LogP contribution in [0.5, 0.6) is 0 Å². The molecule has 0 aromatic heterocycles. The fourth-order valence-corrected chi connectivity index (χ4v) is 1.91. The maximum atomic E-state index is 11.7. The lowest BCUT2D eigenvalue weighted by Crippen LogP contribution is -2.49. The van der Waals surface area contributed by atoms with E-state index in [-0.39, 0.29) is 11.9 Å². The van der Waals surface area contributed by atoms with Crippen LogP contribution < -0.4 is 11.1 Å². The zero-order valence-corrected chi connectivity index (χ0v) is 11.3. The van der Waals surface area contributed by atoms with Gasteiger partial charge in [-0.3, -0.25) is 4.79 Å². The Hall–Kier alpha value is -0.870. The SMILES string of the molecule is CC(NC(=O)C(C)(C)N)c1ccccc1Br. The van der Waals surface area contributed by atoms with Crippen molar-refractivity contribution < 1.29 is 4.79 Å². The minimum Gasteiger partial charge on any atom is -0.348 e. The van der Waals surface area contributed by atoms with Crippen LogP contribution in [0.1, 0.15) is 32.4 Å². The van der Waals surface area contributed by atoms with Gasteiger partial charge in [-0.05, 0) is 32.4 Å². The summed E-state index contributed by atoms with van der Waals surface area (Å²) in [5, 5.41) is 2.88. The van der Waals surface area contributed by atoms with E-state index < -0.39 is 5.54 Å². The number of rotatable bonds is 3. The van der Waals surface area contributed by atoms with Crippen molar-refractivity contribution in [2.45, 2.75) is 32.4 Å². The predicted molar refractivity (Wildman–Crippen MR) is 69.0 cm³/mol. The molecule has 0 radical (unpaired) electrons. The van der Waals surface area contributed by atoms with Crippen LogP contribution in [0.15, 0.2) is 28.7 Å². The van der Waals surface area contributed by atoms with Gasteiger partial charge in [0.1, 0.15) is 0 Å². The Bertz CT molecular complexity index is 385. The number of nitrogens with one attached hydrogen (secondary N) is 1. The Morgan fingerprint density at radius 2 is 2.00 bits per heavy atom. The average molecular weight is 285 g/mol. The van der Waals surface area contributed by atoms with Crippen LogP contribution in [0, 0.1) is 0 Å². The maximum absolute atomic E-state index is 11.7. The Morgan fingerprint density at radius 1 is 1.44 bits per heavy atom. The van der Waals surface area contributed by atoms with Crippen LogP contribution in [0.4, 0.5) is 0 Å². The molecule has 0 fully saturated rings. The second-order valence-corrected chi connectivity index (χ2v) is 5.29. The lowest BCUT2D eigenvalue weighted by Gasteiger charge is -2.22. The molecule has 3 nitrogen and oxygen atoms in total. The molecule has 0 heterocycles. The first kappa shape index (κ1) is 13.2. The summed E-state index contributed by atoms with van der Waals surface area (Å²) in [6, 6.07) is 7.74. The molecule has 1 rings (SSSR count). The number of amides is 1. The summed E-state index contributed by atoms with van der Waals surface area (Å²) in [5.74, 6) is -0.157. The molecule has 16 heavy (non-hydrogen) atoms. The van der Waals surface area contributed by atoms with Gasteiger partial charge in [-0.15, -0.1) is 0 Å². The van der Waals surface area contributed by atoms with Gasteiger partial charge in [-0.2, -0.15) is 0 Å². The number of hydrogen-bond donors (Lipinski definition) is 2. The largest absolute Gasteiger partial charge is 0.348 e. The first-order chi connectivity index (χ1) is 7.32. The van der Waals surface area contributed by atoms with Crippen LogP contribution in [-0.2, 0) is 4.79 Å². The van der Waals surface area contributed by atoms with Crippen LogP contribution in [0.2, 0.25) is 0 Å². The molecule has 1 unspecified atom stereocenters. The fraction of sp³-hybridized carbons (Fsp3) is 0.417. The smallest absolute Gasteiger partial charge is 0.239 e. The Kier molecular flexibility index (Phi) is 4.10. The minimum absolute atomic E-state index is 0.0640. The number of benzene rings is 1. The van der Waals surface area contributed by atoms with E-state index in [1.807, 2.05) is 31.2 Å².